The second-order valence-electron chi connectivity index (χ2n) is 4.25. The molecule has 104 valence electrons. The highest BCUT2D eigenvalue weighted by Crippen LogP contribution is 2.15. The summed E-state index contributed by atoms with van der Waals surface area (Å²) in [4.78, 5) is 21.7. The van der Waals surface area contributed by atoms with Gasteiger partial charge in [0, 0.05) is 37.9 Å². The van der Waals surface area contributed by atoms with Crippen LogP contribution in [0.5, 0.6) is 0 Å². The Labute approximate surface area is 125 Å². The summed E-state index contributed by atoms with van der Waals surface area (Å²) in [6, 6.07) is 7.12. The molecule has 7 heteroatoms. The minimum atomic E-state index is -0.384. The van der Waals surface area contributed by atoms with Gasteiger partial charge in [0.1, 0.15) is 0 Å². The van der Waals surface area contributed by atoms with Crippen molar-refractivity contribution in [1.29, 1.82) is 0 Å². The standard InChI is InChI=1S/C13H14BrN5O/c1-19(2)11-5-3-10(4-6-11)17-13(20)18-12-15-7-9(14)8-16-12/h3-8H,1-2H3,(H2,15,16,17,18,20). The first-order valence-corrected chi connectivity index (χ1v) is 6.67. The molecule has 0 bridgehead atoms. The summed E-state index contributed by atoms with van der Waals surface area (Å²) in [7, 11) is 3.92. The van der Waals surface area contributed by atoms with Gasteiger partial charge in [-0.15, -0.1) is 0 Å². The van der Waals surface area contributed by atoms with Gasteiger partial charge in [-0.05, 0) is 40.2 Å². The SMILES string of the molecule is CN(C)c1ccc(NC(=O)Nc2ncc(Br)cn2)cc1. The molecule has 0 atom stereocenters. The van der Waals surface area contributed by atoms with E-state index in [0.717, 1.165) is 10.2 Å². The second-order valence-corrected chi connectivity index (χ2v) is 5.16. The number of aromatic nitrogens is 2. The Morgan fingerprint density at radius 2 is 1.70 bits per heavy atom. The zero-order valence-electron chi connectivity index (χ0n) is 11.1. The molecule has 0 saturated carbocycles. The van der Waals surface area contributed by atoms with Crippen LogP contribution in [0, 0.1) is 0 Å². The van der Waals surface area contributed by atoms with Gasteiger partial charge >= 0.3 is 6.03 Å². The number of carbonyl (C=O) groups excluding carboxylic acids is 1. The Hall–Kier alpha value is -2.15. The van der Waals surface area contributed by atoms with Gasteiger partial charge in [-0.3, -0.25) is 5.32 Å². The summed E-state index contributed by atoms with van der Waals surface area (Å²) in [6.45, 7) is 0. The van der Waals surface area contributed by atoms with Crippen molar-refractivity contribution in [2.75, 3.05) is 29.6 Å². The van der Waals surface area contributed by atoms with Crippen LogP contribution in [0.15, 0.2) is 41.1 Å². The van der Waals surface area contributed by atoms with Gasteiger partial charge < -0.3 is 10.2 Å². The summed E-state index contributed by atoms with van der Waals surface area (Å²) >= 11 is 3.23. The summed E-state index contributed by atoms with van der Waals surface area (Å²) in [5, 5.41) is 5.26. The Balaban J connectivity index is 1.95. The van der Waals surface area contributed by atoms with E-state index in [0.29, 0.717) is 5.69 Å². The van der Waals surface area contributed by atoms with E-state index >= 15 is 0 Å². The third-order valence-corrected chi connectivity index (χ3v) is 2.90. The van der Waals surface area contributed by atoms with Crippen LogP contribution in [-0.4, -0.2) is 30.1 Å². The third-order valence-electron chi connectivity index (χ3n) is 2.49. The highest BCUT2D eigenvalue weighted by molar-refractivity contribution is 9.10. The summed E-state index contributed by atoms with van der Waals surface area (Å²) in [5.41, 5.74) is 1.76. The number of benzene rings is 1. The van der Waals surface area contributed by atoms with Crippen molar-refractivity contribution in [2.45, 2.75) is 0 Å². The van der Waals surface area contributed by atoms with E-state index in [1.54, 1.807) is 12.4 Å². The summed E-state index contributed by atoms with van der Waals surface area (Å²) < 4.78 is 0.753. The lowest BCUT2D eigenvalue weighted by atomic mass is 10.2. The fourth-order valence-electron chi connectivity index (χ4n) is 1.48. The van der Waals surface area contributed by atoms with Gasteiger partial charge in [-0.1, -0.05) is 0 Å². The van der Waals surface area contributed by atoms with Crippen molar-refractivity contribution < 1.29 is 4.79 Å². The summed E-state index contributed by atoms with van der Waals surface area (Å²) in [5.74, 6) is 0.246. The highest BCUT2D eigenvalue weighted by atomic mass is 79.9. The quantitative estimate of drug-likeness (QED) is 0.904. The van der Waals surface area contributed by atoms with Crippen LogP contribution in [0.25, 0.3) is 0 Å². The smallest absolute Gasteiger partial charge is 0.326 e. The molecule has 1 heterocycles. The molecule has 20 heavy (non-hydrogen) atoms. The van der Waals surface area contributed by atoms with Crippen molar-refractivity contribution in [1.82, 2.24) is 9.97 Å². The molecule has 0 saturated heterocycles. The van der Waals surface area contributed by atoms with Crippen LogP contribution in [-0.2, 0) is 0 Å². The molecule has 2 rings (SSSR count). The van der Waals surface area contributed by atoms with E-state index in [2.05, 4.69) is 36.5 Å². The highest BCUT2D eigenvalue weighted by Gasteiger charge is 2.04. The van der Waals surface area contributed by atoms with Crippen molar-refractivity contribution in [3.8, 4) is 0 Å². The zero-order valence-corrected chi connectivity index (χ0v) is 12.7. The van der Waals surface area contributed by atoms with Gasteiger partial charge in [0.2, 0.25) is 5.95 Å². The molecule has 0 aliphatic rings. The molecule has 0 fully saturated rings. The Bertz CT molecular complexity index is 583. The average molecular weight is 336 g/mol. The number of urea groups is 1. The van der Waals surface area contributed by atoms with Gasteiger partial charge in [0.25, 0.3) is 0 Å². The lowest BCUT2D eigenvalue weighted by molar-refractivity contribution is 0.262. The minimum absolute atomic E-state index is 0.246. The Morgan fingerprint density at radius 3 is 2.25 bits per heavy atom. The van der Waals surface area contributed by atoms with Crippen LogP contribution < -0.4 is 15.5 Å². The maximum Gasteiger partial charge on any atom is 0.326 e. The van der Waals surface area contributed by atoms with Gasteiger partial charge in [0.15, 0.2) is 0 Å². The zero-order chi connectivity index (χ0) is 14.5. The van der Waals surface area contributed by atoms with Crippen LogP contribution >= 0.6 is 15.9 Å². The number of amides is 2. The van der Waals surface area contributed by atoms with Gasteiger partial charge in [-0.2, -0.15) is 0 Å². The van der Waals surface area contributed by atoms with E-state index in [1.165, 1.54) is 0 Å². The number of rotatable bonds is 3. The van der Waals surface area contributed by atoms with Crippen molar-refractivity contribution >= 4 is 39.3 Å². The number of hydrogen-bond donors (Lipinski definition) is 2. The Kier molecular flexibility index (Phi) is 4.52. The second kappa shape index (κ2) is 6.33. The number of nitrogens with zero attached hydrogens (tertiary/aromatic N) is 3. The fraction of sp³-hybridized carbons (Fsp3) is 0.154. The molecule has 2 N–H and O–H groups in total. The predicted molar refractivity (Wildman–Crippen MR) is 83.1 cm³/mol. The minimum Gasteiger partial charge on any atom is -0.378 e. The number of halogens is 1. The number of carbonyl (C=O) groups is 1. The summed E-state index contributed by atoms with van der Waals surface area (Å²) in [6.07, 6.45) is 3.13. The lowest BCUT2D eigenvalue weighted by Gasteiger charge is -2.13. The average Bonchev–Trinajstić information content (AvgIpc) is 2.42. The lowest BCUT2D eigenvalue weighted by Crippen LogP contribution is -2.20. The van der Waals surface area contributed by atoms with Crippen molar-refractivity contribution in [3.63, 3.8) is 0 Å². The molecule has 0 unspecified atom stereocenters. The molecular weight excluding hydrogens is 322 g/mol. The number of hydrogen-bond acceptors (Lipinski definition) is 4. The molecule has 2 amide bonds. The molecule has 1 aromatic carbocycles. The molecule has 0 spiro atoms. The van der Waals surface area contributed by atoms with Crippen LogP contribution in [0.2, 0.25) is 0 Å². The first-order valence-electron chi connectivity index (χ1n) is 5.87. The number of nitrogens with one attached hydrogen (secondary N) is 2. The molecule has 0 aliphatic carbocycles. The largest absolute Gasteiger partial charge is 0.378 e. The van der Waals surface area contributed by atoms with E-state index in [-0.39, 0.29) is 12.0 Å². The van der Waals surface area contributed by atoms with Crippen LogP contribution in [0.1, 0.15) is 0 Å². The van der Waals surface area contributed by atoms with E-state index in [4.69, 9.17) is 0 Å². The predicted octanol–water partition coefficient (Wildman–Crippen LogP) is 2.95. The maximum atomic E-state index is 11.8. The normalized spacial score (nSPS) is 9.95. The molecule has 6 nitrogen and oxygen atoms in total. The van der Waals surface area contributed by atoms with Crippen LogP contribution in [0.3, 0.4) is 0 Å². The first-order chi connectivity index (χ1) is 9.54. The fourth-order valence-corrected chi connectivity index (χ4v) is 1.69. The van der Waals surface area contributed by atoms with E-state index < -0.39 is 0 Å². The van der Waals surface area contributed by atoms with Crippen molar-refractivity contribution in [2.24, 2.45) is 0 Å². The monoisotopic (exact) mass is 335 g/mol. The van der Waals surface area contributed by atoms with E-state index in [9.17, 15) is 4.79 Å². The maximum absolute atomic E-state index is 11.8. The Morgan fingerprint density at radius 1 is 1.10 bits per heavy atom. The van der Waals surface area contributed by atoms with Gasteiger partial charge in [-0.25, -0.2) is 14.8 Å². The van der Waals surface area contributed by atoms with Crippen LogP contribution in [0.4, 0.5) is 22.1 Å². The topological polar surface area (TPSA) is 70.2 Å². The third kappa shape index (κ3) is 3.92. The van der Waals surface area contributed by atoms with Gasteiger partial charge in [0.05, 0.1) is 4.47 Å². The first kappa shape index (κ1) is 14.3. The molecule has 2 aromatic rings. The molecular formula is C13H14BrN5O. The molecule has 1 aromatic heterocycles. The van der Waals surface area contributed by atoms with Crippen molar-refractivity contribution in [3.05, 3.63) is 41.1 Å². The molecule has 0 aliphatic heterocycles. The number of anilines is 3. The molecule has 0 radical (unpaired) electrons. The van der Waals surface area contributed by atoms with E-state index in [1.807, 2.05) is 43.3 Å².